The summed E-state index contributed by atoms with van der Waals surface area (Å²) < 4.78 is 1.76. The van der Waals surface area contributed by atoms with Crippen molar-refractivity contribution in [2.75, 3.05) is 6.61 Å². The zero-order valence-corrected chi connectivity index (χ0v) is 14.0. The predicted octanol–water partition coefficient (Wildman–Crippen LogP) is 2.95. The van der Waals surface area contributed by atoms with Crippen molar-refractivity contribution in [3.63, 3.8) is 0 Å². The highest BCUT2D eigenvalue weighted by Gasteiger charge is 2.19. The molecule has 0 saturated heterocycles. The second-order valence-corrected chi connectivity index (χ2v) is 5.40. The van der Waals surface area contributed by atoms with Crippen molar-refractivity contribution in [1.82, 2.24) is 20.1 Å². The van der Waals surface area contributed by atoms with E-state index in [0.717, 1.165) is 28.2 Å². The van der Waals surface area contributed by atoms with Gasteiger partial charge in [-0.1, -0.05) is 37.3 Å². The van der Waals surface area contributed by atoms with Crippen molar-refractivity contribution in [2.45, 2.75) is 27.2 Å². The Balaban J connectivity index is 2.16. The number of aromatic nitrogens is 3. The molecular weight excluding hydrogens is 304 g/mol. The van der Waals surface area contributed by atoms with Gasteiger partial charge in [-0.25, -0.2) is 15.0 Å². The Hall–Kier alpha value is -2.73. The molecule has 0 aliphatic carbocycles. The molecule has 0 atom stereocenters. The molecule has 0 radical (unpaired) electrons. The number of amides is 1. The molecule has 0 unspecified atom stereocenters. The highest BCUT2D eigenvalue weighted by molar-refractivity contribution is 5.95. The Morgan fingerprint density at radius 3 is 2.67 bits per heavy atom. The van der Waals surface area contributed by atoms with Gasteiger partial charge in [0.1, 0.15) is 0 Å². The van der Waals surface area contributed by atoms with Crippen molar-refractivity contribution in [2.24, 2.45) is 0 Å². The molecule has 6 nitrogen and oxygen atoms in total. The van der Waals surface area contributed by atoms with Crippen LogP contribution in [-0.4, -0.2) is 27.1 Å². The van der Waals surface area contributed by atoms with E-state index in [1.165, 1.54) is 0 Å². The number of hydrogen-bond donors (Lipinski definition) is 1. The van der Waals surface area contributed by atoms with E-state index in [2.05, 4.69) is 15.6 Å². The van der Waals surface area contributed by atoms with E-state index >= 15 is 0 Å². The van der Waals surface area contributed by atoms with Crippen LogP contribution in [0.1, 0.15) is 35.6 Å². The maximum atomic E-state index is 12.3. The molecule has 124 valence electrons. The van der Waals surface area contributed by atoms with Crippen molar-refractivity contribution < 1.29 is 9.63 Å². The smallest absolute Gasteiger partial charge is 0.274 e. The summed E-state index contributed by atoms with van der Waals surface area (Å²) >= 11 is 0. The van der Waals surface area contributed by atoms with E-state index in [9.17, 15) is 4.79 Å². The number of carbonyl (C=O) groups is 1. The van der Waals surface area contributed by atoms with Gasteiger partial charge in [-0.3, -0.25) is 9.63 Å². The minimum absolute atomic E-state index is 0.308. The fraction of sp³-hybridized carbons (Fsp3) is 0.278. The second-order valence-electron chi connectivity index (χ2n) is 5.40. The van der Waals surface area contributed by atoms with Gasteiger partial charge in [0.2, 0.25) is 0 Å². The van der Waals surface area contributed by atoms with E-state index in [0.29, 0.717) is 18.6 Å². The van der Waals surface area contributed by atoms with Crippen LogP contribution in [0.3, 0.4) is 0 Å². The number of nitrogens with zero attached hydrogens (tertiary/aromatic N) is 3. The first kappa shape index (κ1) is 16.1. The number of hydroxylamine groups is 1. The summed E-state index contributed by atoms with van der Waals surface area (Å²) in [5, 5.41) is 4.62. The van der Waals surface area contributed by atoms with Gasteiger partial charge in [0, 0.05) is 11.8 Å². The monoisotopic (exact) mass is 324 g/mol. The maximum absolute atomic E-state index is 12.3. The average molecular weight is 324 g/mol. The third-order valence-corrected chi connectivity index (χ3v) is 3.87. The van der Waals surface area contributed by atoms with Crippen molar-refractivity contribution in [1.29, 1.82) is 0 Å². The Bertz CT molecular complexity index is 872. The van der Waals surface area contributed by atoms with Gasteiger partial charge in [0.25, 0.3) is 5.91 Å². The molecule has 0 bridgehead atoms. The van der Waals surface area contributed by atoms with Crippen LogP contribution in [0, 0.1) is 6.92 Å². The Kier molecular flexibility index (Phi) is 4.57. The van der Waals surface area contributed by atoms with E-state index in [1.54, 1.807) is 10.7 Å². The molecule has 1 aromatic carbocycles. The van der Waals surface area contributed by atoms with Gasteiger partial charge in [0.05, 0.1) is 23.6 Å². The number of carbonyl (C=O) groups excluding carboxylic acids is 1. The van der Waals surface area contributed by atoms with E-state index in [-0.39, 0.29) is 5.91 Å². The van der Waals surface area contributed by atoms with E-state index in [1.807, 2.05) is 51.1 Å². The zero-order chi connectivity index (χ0) is 17.1. The van der Waals surface area contributed by atoms with Gasteiger partial charge in [-0.2, -0.15) is 5.10 Å². The summed E-state index contributed by atoms with van der Waals surface area (Å²) in [5.41, 5.74) is 7.38. The topological polar surface area (TPSA) is 68.5 Å². The highest BCUT2D eigenvalue weighted by Crippen LogP contribution is 2.28. The molecule has 2 aromatic heterocycles. The third-order valence-electron chi connectivity index (χ3n) is 3.87. The second kappa shape index (κ2) is 6.80. The van der Waals surface area contributed by atoms with E-state index in [4.69, 9.17) is 4.84 Å². The Morgan fingerprint density at radius 1 is 1.25 bits per heavy atom. The molecule has 0 aliphatic rings. The molecule has 0 fully saturated rings. The molecule has 0 aliphatic heterocycles. The molecular formula is C18H20N4O2. The first-order valence-electron chi connectivity index (χ1n) is 8.02. The Morgan fingerprint density at radius 2 is 2.00 bits per heavy atom. The number of benzene rings is 1. The molecule has 0 spiro atoms. The summed E-state index contributed by atoms with van der Waals surface area (Å²) in [5.74, 6) is -0.308. The zero-order valence-electron chi connectivity index (χ0n) is 14.0. The number of aryl methyl sites for hydroxylation is 2. The largest absolute Gasteiger partial charge is 0.278 e. The third kappa shape index (κ3) is 2.76. The van der Waals surface area contributed by atoms with Crippen LogP contribution in [0.5, 0.6) is 0 Å². The number of rotatable bonds is 5. The lowest BCUT2D eigenvalue weighted by molar-refractivity contribution is 0.0362. The lowest BCUT2D eigenvalue weighted by Gasteiger charge is -2.10. The molecule has 1 N–H and O–H groups in total. The van der Waals surface area contributed by atoms with Gasteiger partial charge in [-0.05, 0) is 25.8 Å². The first-order valence-corrected chi connectivity index (χ1v) is 8.02. The summed E-state index contributed by atoms with van der Waals surface area (Å²) in [6.07, 6.45) is 2.25. The predicted molar refractivity (Wildman–Crippen MR) is 91.6 cm³/mol. The normalized spacial score (nSPS) is 11.0. The maximum Gasteiger partial charge on any atom is 0.278 e. The lowest BCUT2D eigenvalue weighted by atomic mass is 10.1. The van der Waals surface area contributed by atoms with Crippen molar-refractivity contribution >= 4 is 11.6 Å². The molecule has 3 rings (SSSR count). The van der Waals surface area contributed by atoms with Crippen molar-refractivity contribution in [3.8, 4) is 11.1 Å². The minimum Gasteiger partial charge on any atom is -0.274 e. The molecule has 3 aromatic rings. The molecule has 24 heavy (non-hydrogen) atoms. The molecule has 0 saturated carbocycles. The molecule has 2 heterocycles. The SMILES string of the molecule is CCONC(=O)c1cnc2c(-c3ccccc3)c(C)nn2c1CC. The van der Waals surface area contributed by atoms with Crippen LogP contribution in [-0.2, 0) is 11.3 Å². The van der Waals surface area contributed by atoms with Crippen molar-refractivity contribution in [3.05, 3.63) is 53.5 Å². The van der Waals surface area contributed by atoms with Gasteiger partial charge >= 0.3 is 0 Å². The fourth-order valence-corrected chi connectivity index (χ4v) is 2.80. The number of nitrogens with one attached hydrogen (secondary N) is 1. The average Bonchev–Trinajstić information content (AvgIpc) is 2.95. The highest BCUT2D eigenvalue weighted by atomic mass is 16.6. The fourth-order valence-electron chi connectivity index (χ4n) is 2.80. The number of hydrogen-bond acceptors (Lipinski definition) is 4. The minimum atomic E-state index is -0.308. The van der Waals surface area contributed by atoms with Gasteiger partial charge in [-0.15, -0.1) is 0 Å². The van der Waals surface area contributed by atoms with Crippen LogP contribution < -0.4 is 5.48 Å². The van der Waals surface area contributed by atoms with Crippen LogP contribution in [0.25, 0.3) is 16.8 Å². The summed E-state index contributed by atoms with van der Waals surface area (Å²) in [4.78, 5) is 21.8. The van der Waals surface area contributed by atoms with Crippen LogP contribution >= 0.6 is 0 Å². The van der Waals surface area contributed by atoms with Crippen LogP contribution in [0.15, 0.2) is 36.5 Å². The lowest BCUT2D eigenvalue weighted by Crippen LogP contribution is -2.26. The Labute approximate surface area is 140 Å². The van der Waals surface area contributed by atoms with Crippen LogP contribution in [0.2, 0.25) is 0 Å². The standard InChI is InChI=1S/C18H20N4O2/c1-4-15-14(18(23)21-24-5-2)11-19-17-16(12(3)20-22(15)17)13-9-7-6-8-10-13/h6-11H,4-5H2,1-3H3,(H,21,23). The first-order chi connectivity index (χ1) is 11.7. The van der Waals surface area contributed by atoms with Gasteiger partial charge in [0.15, 0.2) is 5.65 Å². The summed E-state index contributed by atoms with van der Waals surface area (Å²) in [6.45, 7) is 6.16. The number of fused-ring (bicyclic) bond motifs is 1. The summed E-state index contributed by atoms with van der Waals surface area (Å²) in [7, 11) is 0. The van der Waals surface area contributed by atoms with E-state index < -0.39 is 0 Å². The molecule has 1 amide bonds. The quantitative estimate of drug-likeness (QED) is 0.733. The summed E-state index contributed by atoms with van der Waals surface area (Å²) in [6, 6.07) is 10.0. The van der Waals surface area contributed by atoms with Gasteiger partial charge < -0.3 is 0 Å². The van der Waals surface area contributed by atoms with Crippen LogP contribution in [0.4, 0.5) is 0 Å². The molecule has 6 heteroatoms.